The van der Waals surface area contributed by atoms with Crippen LogP contribution in [0.15, 0.2) is 89.7 Å². The van der Waals surface area contributed by atoms with Crippen molar-refractivity contribution >= 4 is 35.3 Å². The minimum atomic E-state index is -1.34. The van der Waals surface area contributed by atoms with Gasteiger partial charge in [0.15, 0.2) is 0 Å². The summed E-state index contributed by atoms with van der Waals surface area (Å²) in [5, 5.41) is 3.53. The molecule has 0 saturated heterocycles. The first-order valence-electron chi connectivity index (χ1n) is 15.2. The van der Waals surface area contributed by atoms with Crippen LogP contribution in [0.4, 0.5) is 0 Å². The predicted molar refractivity (Wildman–Crippen MR) is 182 cm³/mol. The molecule has 6 aromatic rings. The monoisotopic (exact) mass is 776 g/mol. The Balaban J connectivity index is 0.000000199. The number of aromatic nitrogens is 3. The molecule has 229 valence electrons. The minimum absolute atomic E-state index is 0. The maximum absolute atomic E-state index is 5.85. The maximum atomic E-state index is 5.85. The number of hydrogen-bond donors (Lipinski definition) is 0. The van der Waals surface area contributed by atoms with Gasteiger partial charge in [0, 0.05) is 44.1 Å². The normalized spacial score (nSPS) is 11.5. The van der Waals surface area contributed by atoms with Gasteiger partial charge in [0.05, 0.1) is 13.7 Å². The number of furan rings is 1. The predicted octanol–water partition coefficient (Wildman–Crippen LogP) is 9.33. The van der Waals surface area contributed by atoms with E-state index in [0.717, 1.165) is 51.7 Å². The van der Waals surface area contributed by atoms with Gasteiger partial charge in [-0.2, -0.15) is 0 Å². The van der Waals surface area contributed by atoms with Gasteiger partial charge < -0.3 is 14.4 Å². The van der Waals surface area contributed by atoms with Crippen LogP contribution in [0, 0.1) is 24.0 Å². The topological polar surface area (TPSA) is 51.8 Å². The first-order chi connectivity index (χ1) is 20.6. The van der Waals surface area contributed by atoms with E-state index in [1.165, 1.54) is 16.3 Å². The molecular formula is C38H41IrN3OSi-2. The molecule has 0 fully saturated rings. The van der Waals surface area contributed by atoms with Gasteiger partial charge in [0.25, 0.3) is 0 Å². The Labute approximate surface area is 276 Å². The van der Waals surface area contributed by atoms with Crippen LogP contribution in [-0.4, -0.2) is 23.0 Å². The molecule has 0 amide bonds. The second-order valence-corrected chi connectivity index (χ2v) is 18.1. The van der Waals surface area contributed by atoms with Crippen LogP contribution in [0.25, 0.3) is 44.6 Å². The molecule has 44 heavy (non-hydrogen) atoms. The van der Waals surface area contributed by atoms with Crippen LogP contribution >= 0.6 is 0 Å². The van der Waals surface area contributed by atoms with E-state index in [2.05, 4.69) is 105 Å². The molecular weight excluding hydrogens is 735 g/mol. The molecule has 0 aliphatic carbocycles. The summed E-state index contributed by atoms with van der Waals surface area (Å²) in [4.78, 5) is 13.6. The molecule has 0 N–H and O–H groups in total. The van der Waals surface area contributed by atoms with Crippen molar-refractivity contribution in [3.8, 4) is 22.5 Å². The summed E-state index contributed by atoms with van der Waals surface area (Å²) in [6.45, 7) is 16.2. The van der Waals surface area contributed by atoms with Crippen molar-refractivity contribution < 1.29 is 24.5 Å². The molecule has 4 aromatic heterocycles. The van der Waals surface area contributed by atoms with Gasteiger partial charge in [-0.1, -0.05) is 88.1 Å². The van der Waals surface area contributed by atoms with E-state index in [1.54, 1.807) is 6.20 Å². The molecule has 0 unspecified atom stereocenters. The molecule has 1 radical (unpaired) electrons. The molecule has 0 bridgehead atoms. The summed E-state index contributed by atoms with van der Waals surface area (Å²) >= 11 is 0. The van der Waals surface area contributed by atoms with Gasteiger partial charge in [-0.3, -0.25) is 0 Å². The Morgan fingerprint density at radius 2 is 1.57 bits per heavy atom. The summed E-state index contributed by atoms with van der Waals surface area (Å²) < 4.78 is 5.85. The van der Waals surface area contributed by atoms with E-state index >= 15 is 0 Å². The zero-order chi connectivity index (χ0) is 30.6. The van der Waals surface area contributed by atoms with Crippen LogP contribution in [0.3, 0.4) is 0 Å². The molecule has 0 aliphatic rings. The molecule has 0 aliphatic heterocycles. The van der Waals surface area contributed by atoms with Crippen molar-refractivity contribution in [1.29, 1.82) is 0 Å². The molecule has 2 aromatic carbocycles. The fraction of sp³-hybridized carbons (Fsp3) is 0.289. The summed E-state index contributed by atoms with van der Waals surface area (Å²) in [6, 6.07) is 29.0. The van der Waals surface area contributed by atoms with Crippen LogP contribution in [-0.2, 0) is 32.9 Å². The largest absolute Gasteiger partial charge is 0.458 e. The van der Waals surface area contributed by atoms with Crippen molar-refractivity contribution in [2.24, 2.45) is 11.8 Å². The number of hydrogen-bond acceptors (Lipinski definition) is 4. The van der Waals surface area contributed by atoms with E-state index in [1.807, 2.05) is 48.7 Å². The number of nitrogens with zero attached hydrogens (tertiary/aromatic N) is 3. The molecule has 4 nitrogen and oxygen atoms in total. The number of benzene rings is 2. The molecule has 6 heteroatoms. The third-order valence-electron chi connectivity index (χ3n) is 7.34. The zero-order valence-corrected chi connectivity index (χ0v) is 30.1. The van der Waals surface area contributed by atoms with Crippen molar-refractivity contribution in [2.45, 2.75) is 60.2 Å². The van der Waals surface area contributed by atoms with Crippen molar-refractivity contribution in [3.05, 3.63) is 109 Å². The average Bonchev–Trinajstić information content (AvgIpc) is 3.36. The fourth-order valence-corrected chi connectivity index (χ4v) is 7.08. The Morgan fingerprint density at radius 1 is 0.773 bits per heavy atom. The van der Waals surface area contributed by atoms with Crippen LogP contribution in [0.5, 0.6) is 0 Å². The van der Waals surface area contributed by atoms with Gasteiger partial charge in [-0.15, -0.1) is 53.6 Å². The molecule has 0 atom stereocenters. The van der Waals surface area contributed by atoms with E-state index in [-0.39, 0.29) is 20.1 Å². The zero-order valence-electron chi connectivity index (χ0n) is 26.7. The van der Waals surface area contributed by atoms with Crippen LogP contribution in [0.2, 0.25) is 19.6 Å². The second-order valence-electron chi connectivity index (χ2n) is 13.0. The van der Waals surface area contributed by atoms with E-state index in [0.29, 0.717) is 17.5 Å². The van der Waals surface area contributed by atoms with Gasteiger partial charge in [0.1, 0.15) is 0 Å². The van der Waals surface area contributed by atoms with Crippen LogP contribution < -0.4 is 5.19 Å². The molecule has 4 heterocycles. The van der Waals surface area contributed by atoms with Crippen LogP contribution in [0.1, 0.15) is 38.8 Å². The van der Waals surface area contributed by atoms with E-state index in [4.69, 9.17) is 4.42 Å². The van der Waals surface area contributed by atoms with E-state index in [9.17, 15) is 0 Å². The van der Waals surface area contributed by atoms with Gasteiger partial charge >= 0.3 is 0 Å². The number of rotatable bonds is 7. The Morgan fingerprint density at radius 3 is 2.27 bits per heavy atom. The smallest absolute Gasteiger partial charge is 0.215 e. The molecule has 0 saturated carbocycles. The standard InChI is InChI=1S/C20H17N2O.C18H24NSi.Ir/c1-13(2)11-14-8-10-21-17(12-14)15-5-3-7-18-19(15)16-6-4-9-22-20(16)23-18;1-14(2)11-16-12-17(15-9-7-6-8-10-15)19-13-18(16)20(3,4)5;/h3-4,6-10,12-13H,11H2,1-2H3;6-9,12-14H,11H2,1-5H3;/q2*-1;. The summed E-state index contributed by atoms with van der Waals surface area (Å²) in [5.74, 6) is 1.28. The molecule has 0 spiro atoms. The first-order valence-corrected chi connectivity index (χ1v) is 18.7. The molecule has 6 rings (SSSR count). The Hall–Kier alpha value is -3.44. The summed E-state index contributed by atoms with van der Waals surface area (Å²) in [7, 11) is -1.34. The summed E-state index contributed by atoms with van der Waals surface area (Å²) in [5.41, 5.74) is 8.27. The number of fused-ring (bicyclic) bond motifs is 3. The minimum Gasteiger partial charge on any atom is -0.458 e. The first kappa shape index (κ1) is 33.4. The quantitative estimate of drug-likeness (QED) is 0.120. The number of pyridine rings is 3. The SMILES string of the molecule is CC(C)Cc1cc(-c2[c-]cccc2)ncc1[Si](C)(C)C.CC(C)Cc1ccnc(-c2[c-]ccc3oc4ncccc4c23)c1.[Ir]. The van der Waals surface area contributed by atoms with Gasteiger partial charge in [-0.05, 0) is 53.4 Å². The second kappa shape index (κ2) is 14.6. The third-order valence-corrected chi connectivity index (χ3v) is 9.41. The maximum Gasteiger partial charge on any atom is 0.215 e. The van der Waals surface area contributed by atoms with Crippen molar-refractivity contribution in [3.63, 3.8) is 0 Å². The van der Waals surface area contributed by atoms with Gasteiger partial charge in [0.2, 0.25) is 5.71 Å². The Kier molecular flexibility index (Phi) is 11.1. The average molecular weight is 776 g/mol. The third kappa shape index (κ3) is 7.98. The van der Waals surface area contributed by atoms with Crippen molar-refractivity contribution in [1.82, 2.24) is 15.0 Å². The van der Waals surface area contributed by atoms with E-state index < -0.39 is 8.07 Å². The summed E-state index contributed by atoms with van der Waals surface area (Å²) in [6.07, 6.45) is 7.90. The van der Waals surface area contributed by atoms with Crippen molar-refractivity contribution in [2.75, 3.05) is 0 Å². The fourth-order valence-electron chi connectivity index (χ4n) is 5.49. The van der Waals surface area contributed by atoms with Gasteiger partial charge in [-0.25, -0.2) is 4.98 Å². The Bertz CT molecular complexity index is 1820.